The number of hydrogen-bond donors (Lipinski definition) is 2. The number of aliphatic imine (C=N–C) groups is 1. The van der Waals surface area contributed by atoms with Crippen molar-refractivity contribution in [2.24, 2.45) is 4.99 Å². The first-order valence-corrected chi connectivity index (χ1v) is 9.56. The highest BCUT2D eigenvalue weighted by Gasteiger charge is 2.14. The minimum absolute atomic E-state index is 0. The molecule has 0 amide bonds. The molecule has 5 nitrogen and oxygen atoms in total. The molecule has 1 aliphatic heterocycles. The van der Waals surface area contributed by atoms with Gasteiger partial charge in [-0.25, -0.2) is 4.99 Å². The third-order valence-corrected chi connectivity index (χ3v) is 4.66. The Labute approximate surface area is 179 Å². The highest BCUT2D eigenvalue weighted by Crippen LogP contribution is 2.23. The minimum Gasteiger partial charge on any atom is -0.372 e. The molecule has 1 aliphatic rings. The standard InChI is InChI=1S/C21H29N5.HI/c1-3-22-21(24-16-19-10-4-5-12-23-19)25-17(2)18-9-8-11-20(15-18)26-13-6-7-14-26;/h4-5,8-12,15,17H,3,6-7,13-14,16H2,1-2H3,(H2,22,24,25);1H. The van der Waals surface area contributed by atoms with Crippen LogP contribution < -0.4 is 15.5 Å². The van der Waals surface area contributed by atoms with Gasteiger partial charge in [-0.05, 0) is 56.5 Å². The summed E-state index contributed by atoms with van der Waals surface area (Å²) in [7, 11) is 0. The van der Waals surface area contributed by atoms with E-state index in [2.05, 4.69) is 63.6 Å². The van der Waals surface area contributed by atoms with Gasteiger partial charge in [-0.1, -0.05) is 18.2 Å². The molecule has 0 saturated carbocycles. The molecule has 1 unspecified atom stereocenters. The van der Waals surface area contributed by atoms with Crippen LogP contribution in [0.4, 0.5) is 5.69 Å². The third-order valence-electron chi connectivity index (χ3n) is 4.66. The van der Waals surface area contributed by atoms with Gasteiger partial charge in [0.05, 0.1) is 18.3 Å². The molecular weight excluding hydrogens is 449 g/mol. The van der Waals surface area contributed by atoms with Gasteiger partial charge < -0.3 is 15.5 Å². The van der Waals surface area contributed by atoms with Crippen molar-refractivity contribution in [3.8, 4) is 0 Å². The van der Waals surface area contributed by atoms with E-state index in [9.17, 15) is 0 Å². The zero-order chi connectivity index (χ0) is 18.2. The van der Waals surface area contributed by atoms with Crippen LogP contribution in [-0.4, -0.2) is 30.6 Å². The van der Waals surface area contributed by atoms with Crippen LogP contribution in [0.5, 0.6) is 0 Å². The summed E-state index contributed by atoms with van der Waals surface area (Å²) in [5.41, 5.74) is 3.57. The molecule has 2 heterocycles. The Kier molecular flexibility index (Phi) is 8.84. The molecule has 27 heavy (non-hydrogen) atoms. The molecule has 146 valence electrons. The van der Waals surface area contributed by atoms with Gasteiger partial charge in [0, 0.05) is 31.5 Å². The number of hydrogen-bond acceptors (Lipinski definition) is 3. The van der Waals surface area contributed by atoms with Crippen molar-refractivity contribution in [3.63, 3.8) is 0 Å². The molecule has 1 fully saturated rings. The van der Waals surface area contributed by atoms with Crippen molar-refractivity contribution in [1.82, 2.24) is 15.6 Å². The first-order chi connectivity index (χ1) is 12.8. The molecule has 6 heteroatoms. The second-order valence-corrected chi connectivity index (χ2v) is 6.67. The highest BCUT2D eigenvalue weighted by atomic mass is 127. The van der Waals surface area contributed by atoms with Crippen molar-refractivity contribution in [1.29, 1.82) is 0 Å². The van der Waals surface area contributed by atoms with Crippen LogP contribution in [0.3, 0.4) is 0 Å². The molecule has 0 aliphatic carbocycles. The summed E-state index contributed by atoms with van der Waals surface area (Å²) < 4.78 is 0. The Bertz CT molecular complexity index is 714. The molecule has 1 aromatic carbocycles. The SMILES string of the molecule is CCNC(=NCc1ccccn1)NC(C)c1cccc(N2CCCC2)c1.I. The maximum Gasteiger partial charge on any atom is 0.192 e. The van der Waals surface area contributed by atoms with E-state index in [0.29, 0.717) is 6.54 Å². The lowest BCUT2D eigenvalue weighted by Crippen LogP contribution is -2.38. The van der Waals surface area contributed by atoms with E-state index in [4.69, 9.17) is 0 Å². The number of nitrogens with one attached hydrogen (secondary N) is 2. The Hall–Kier alpha value is -1.83. The number of aromatic nitrogens is 1. The molecule has 1 atom stereocenters. The van der Waals surface area contributed by atoms with E-state index in [1.807, 2.05) is 18.2 Å². The largest absolute Gasteiger partial charge is 0.372 e. The normalized spacial score (nSPS) is 15.2. The molecule has 3 rings (SSSR count). The van der Waals surface area contributed by atoms with Crippen LogP contribution in [0.25, 0.3) is 0 Å². The molecule has 1 saturated heterocycles. The van der Waals surface area contributed by atoms with Crippen molar-refractivity contribution < 1.29 is 0 Å². The quantitative estimate of drug-likeness (QED) is 0.372. The number of guanidine groups is 1. The van der Waals surface area contributed by atoms with Crippen molar-refractivity contribution in [2.45, 2.75) is 39.3 Å². The molecule has 2 N–H and O–H groups in total. The third kappa shape index (κ3) is 6.37. The Morgan fingerprint density at radius 2 is 2.00 bits per heavy atom. The fraction of sp³-hybridized carbons (Fsp3) is 0.429. The predicted octanol–water partition coefficient (Wildman–Crippen LogP) is 4.12. The van der Waals surface area contributed by atoms with Crippen LogP contribution in [-0.2, 0) is 6.54 Å². The van der Waals surface area contributed by atoms with Crippen molar-refractivity contribution in [2.75, 3.05) is 24.5 Å². The molecule has 1 aromatic heterocycles. The Morgan fingerprint density at radius 3 is 2.70 bits per heavy atom. The lowest BCUT2D eigenvalue weighted by Gasteiger charge is -2.22. The Balaban J connectivity index is 0.00000261. The average Bonchev–Trinajstić information content (AvgIpc) is 3.22. The van der Waals surface area contributed by atoms with E-state index in [0.717, 1.165) is 18.2 Å². The second kappa shape index (κ2) is 11.1. The maximum atomic E-state index is 4.67. The number of pyridine rings is 1. The van der Waals surface area contributed by atoms with Gasteiger partial charge in [-0.2, -0.15) is 0 Å². The van der Waals surface area contributed by atoms with Gasteiger partial charge in [-0.15, -0.1) is 24.0 Å². The van der Waals surface area contributed by atoms with Gasteiger partial charge in [-0.3, -0.25) is 4.98 Å². The molecule has 0 bridgehead atoms. The average molecular weight is 479 g/mol. The number of rotatable bonds is 6. The number of halogens is 1. The molecule has 0 radical (unpaired) electrons. The molecular formula is C21H30IN5. The Morgan fingerprint density at radius 1 is 1.19 bits per heavy atom. The van der Waals surface area contributed by atoms with Gasteiger partial charge >= 0.3 is 0 Å². The second-order valence-electron chi connectivity index (χ2n) is 6.67. The maximum absolute atomic E-state index is 4.67. The van der Waals surface area contributed by atoms with Crippen LogP contribution in [0.2, 0.25) is 0 Å². The lowest BCUT2D eigenvalue weighted by molar-refractivity contribution is 0.685. The summed E-state index contributed by atoms with van der Waals surface area (Å²) in [5, 5.41) is 6.84. The summed E-state index contributed by atoms with van der Waals surface area (Å²) in [6.45, 7) is 7.98. The van der Waals surface area contributed by atoms with Crippen molar-refractivity contribution >= 4 is 35.6 Å². The van der Waals surface area contributed by atoms with Crippen LogP contribution in [0, 0.1) is 0 Å². The summed E-state index contributed by atoms with van der Waals surface area (Å²) in [5.74, 6) is 0.817. The fourth-order valence-electron chi connectivity index (χ4n) is 3.23. The van der Waals surface area contributed by atoms with E-state index in [-0.39, 0.29) is 30.0 Å². The summed E-state index contributed by atoms with van der Waals surface area (Å²) in [6.07, 6.45) is 4.39. The first kappa shape index (κ1) is 21.5. The minimum atomic E-state index is 0. The topological polar surface area (TPSA) is 52.6 Å². The van der Waals surface area contributed by atoms with Crippen molar-refractivity contribution in [3.05, 3.63) is 59.9 Å². The fourth-order valence-corrected chi connectivity index (χ4v) is 3.23. The summed E-state index contributed by atoms with van der Waals surface area (Å²) >= 11 is 0. The molecule has 0 spiro atoms. The lowest BCUT2D eigenvalue weighted by atomic mass is 10.1. The number of benzene rings is 1. The van der Waals surface area contributed by atoms with E-state index < -0.39 is 0 Å². The summed E-state index contributed by atoms with van der Waals surface area (Å²) in [4.78, 5) is 11.5. The first-order valence-electron chi connectivity index (χ1n) is 9.56. The van der Waals surface area contributed by atoms with Crippen LogP contribution >= 0.6 is 24.0 Å². The van der Waals surface area contributed by atoms with Gasteiger partial charge in [0.25, 0.3) is 0 Å². The smallest absolute Gasteiger partial charge is 0.192 e. The highest BCUT2D eigenvalue weighted by molar-refractivity contribution is 14.0. The van der Waals surface area contributed by atoms with Crippen LogP contribution in [0.15, 0.2) is 53.7 Å². The monoisotopic (exact) mass is 479 g/mol. The van der Waals surface area contributed by atoms with Gasteiger partial charge in [0.2, 0.25) is 0 Å². The van der Waals surface area contributed by atoms with E-state index in [1.165, 1.54) is 37.2 Å². The van der Waals surface area contributed by atoms with E-state index in [1.54, 1.807) is 6.20 Å². The van der Waals surface area contributed by atoms with E-state index >= 15 is 0 Å². The van der Waals surface area contributed by atoms with Gasteiger partial charge in [0.15, 0.2) is 5.96 Å². The zero-order valence-corrected chi connectivity index (χ0v) is 18.5. The molecule has 2 aromatic rings. The van der Waals surface area contributed by atoms with Gasteiger partial charge in [0.1, 0.15) is 0 Å². The summed E-state index contributed by atoms with van der Waals surface area (Å²) in [6, 6.07) is 14.9. The number of nitrogens with zero attached hydrogens (tertiary/aromatic N) is 3. The zero-order valence-electron chi connectivity index (χ0n) is 16.2. The number of anilines is 1. The predicted molar refractivity (Wildman–Crippen MR) is 124 cm³/mol. The van der Waals surface area contributed by atoms with Crippen LogP contribution in [0.1, 0.15) is 44.0 Å².